The van der Waals surface area contributed by atoms with Crippen molar-refractivity contribution in [3.8, 4) is 5.75 Å². The molecule has 0 unspecified atom stereocenters. The molecule has 0 aliphatic carbocycles. The van der Waals surface area contributed by atoms with Gasteiger partial charge in [0.2, 0.25) is 0 Å². The van der Waals surface area contributed by atoms with Crippen molar-refractivity contribution in [2.45, 2.75) is 12.8 Å². The lowest BCUT2D eigenvalue weighted by atomic mass is 10.1. The van der Waals surface area contributed by atoms with Crippen molar-refractivity contribution in [1.29, 1.82) is 0 Å². The second-order valence-electron chi connectivity index (χ2n) is 2.78. The normalized spacial score (nSPS) is 9.93. The van der Waals surface area contributed by atoms with Gasteiger partial charge < -0.3 is 9.53 Å². The Morgan fingerprint density at radius 3 is 2.86 bits per heavy atom. The van der Waals surface area contributed by atoms with Crippen molar-refractivity contribution < 1.29 is 9.53 Å². The summed E-state index contributed by atoms with van der Waals surface area (Å²) in [6.07, 6.45) is 2.05. The van der Waals surface area contributed by atoms with Crippen molar-refractivity contribution in [3.63, 3.8) is 0 Å². The van der Waals surface area contributed by atoms with Gasteiger partial charge in [0.25, 0.3) is 0 Å². The van der Waals surface area contributed by atoms with E-state index in [1.807, 2.05) is 6.07 Å². The number of hydrogen-bond donors (Lipinski definition) is 0. The fraction of sp³-hybridized carbons (Fsp3) is 0.300. The van der Waals surface area contributed by atoms with E-state index in [0.29, 0.717) is 17.9 Å². The Morgan fingerprint density at radius 1 is 1.57 bits per heavy atom. The van der Waals surface area contributed by atoms with E-state index in [9.17, 15) is 4.79 Å². The summed E-state index contributed by atoms with van der Waals surface area (Å²) in [5.41, 5.74) is 0.982. The zero-order chi connectivity index (χ0) is 10.6. The summed E-state index contributed by atoms with van der Waals surface area (Å²) >= 11 is 9.23. The average Bonchev–Trinajstić information content (AvgIpc) is 2.19. The minimum Gasteiger partial charge on any atom is -0.496 e. The second kappa shape index (κ2) is 5.37. The molecule has 0 aromatic heterocycles. The fourth-order valence-corrected chi connectivity index (χ4v) is 1.71. The molecule has 0 saturated heterocycles. The highest BCUT2D eigenvalue weighted by molar-refractivity contribution is 9.10. The Bertz CT molecular complexity index is 339. The van der Waals surface area contributed by atoms with Crippen LogP contribution in [0.25, 0.3) is 0 Å². The van der Waals surface area contributed by atoms with Gasteiger partial charge in [-0.15, -0.1) is 0 Å². The molecule has 0 radical (unpaired) electrons. The summed E-state index contributed by atoms with van der Waals surface area (Å²) in [5.74, 6) is 0.722. The smallest absolute Gasteiger partial charge is 0.123 e. The van der Waals surface area contributed by atoms with Crippen LogP contribution < -0.4 is 4.74 Å². The number of carbonyl (C=O) groups is 1. The predicted octanol–water partition coefficient (Wildman–Crippen LogP) is 3.24. The summed E-state index contributed by atoms with van der Waals surface area (Å²) in [6, 6.07) is 3.62. The number of halogens is 2. The van der Waals surface area contributed by atoms with E-state index < -0.39 is 0 Å². The molecule has 0 spiro atoms. The number of methoxy groups -OCH3 is 1. The van der Waals surface area contributed by atoms with E-state index in [0.717, 1.165) is 22.1 Å². The van der Waals surface area contributed by atoms with Crippen molar-refractivity contribution >= 4 is 33.8 Å². The Labute approximate surface area is 96.3 Å². The molecule has 0 amide bonds. The third kappa shape index (κ3) is 2.72. The molecule has 0 aliphatic rings. The van der Waals surface area contributed by atoms with Gasteiger partial charge in [-0.3, -0.25) is 0 Å². The first-order chi connectivity index (χ1) is 6.69. The van der Waals surface area contributed by atoms with E-state index in [2.05, 4.69) is 15.9 Å². The highest BCUT2D eigenvalue weighted by Gasteiger charge is 2.07. The van der Waals surface area contributed by atoms with Crippen molar-refractivity contribution in [1.82, 2.24) is 0 Å². The third-order valence-corrected chi connectivity index (χ3v) is 3.05. The Balaban J connectivity index is 3.00. The molecule has 76 valence electrons. The van der Waals surface area contributed by atoms with Gasteiger partial charge in [0, 0.05) is 17.0 Å². The molecular formula is C10H10BrClO2. The number of carbonyl (C=O) groups excluding carboxylic acids is 1. The molecule has 14 heavy (non-hydrogen) atoms. The van der Waals surface area contributed by atoms with Gasteiger partial charge in [-0.2, -0.15) is 0 Å². The molecule has 1 aromatic carbocycles. The number of hydrogen-bond acceptors (Lipinski definition) is 2. The molecule has 2 nitrogen and oxygen atoms in total. The van der Waals surface area contributed by atoms with Crippen LogP contribution in [0.5, 0.6) is 5.75 Å². The third-order valence-electron chi connectivity index (χ3n) is 1.85. The van der Waals surface area contributed by atoms with Crippen LogP contribution in [0.15, 0.2) is 16.6 Å². The molecular weight excluding hydrogens is 267 g/mol. The maximum atomic E-state index is 10.3. The van der Waals surface area contributed by atoms with Crippen LogP contribution in [0.2, 0.25) is 5.02 Å². The first kappa shape index (κ1) is 11.5. The minimum absolute atomic E-state index is 0.491. The van der Waals surface area contributed by atoms with E-state index >= 15 is 0 Å². The maximum absolute atomic E-state index is 10.3. The number of aryl methyl sites for hydroxylation is 1. The van der Waals surface area contributed by atoms with Gasteiger partial charge >= 0.3 is 0 Å². The van der Waals surface area contributed by atoms with Crippen molar-refractivity contribution in [3.05, 3.63) is 27.2 Å². The monoisotopic (exact) mass is 276 g/mol. The summed E-state index contributed by atoms with van der Waals surface area (Å²) in [4.78, 5) is 10.3. The molecule has 0 saturated carbocycles. The highest BCUT2D eigenvalue weighted by Crippen LogP contribution is 2.31. The van der Waals surface area contributed by atoms with Crippen LogP contribution in [-0.4, -0.2) is 13.4 Å². The second-order valence-corrected chi connectivity index (χ2v) is 4.05. The average molecular weight is 278 g/mol. The van der Waals surface area contributed by atoms with Crippen LogP contribution in [-0.2, 0) is 11.2 Å². The quantitative estimate of drug-likeness (QED) is 0.790. The van der Waals surface area contributed by atoms with Crippen LogP contribution >= 0.6 is 27.5 Å². The molecule has 0 aliphatic heterocycles. The molecule has 0 fully saturated rings. The van der Waals surface area contributed by atoms with Crippen LogP contribution in [0.4, 0.5) is 0 Å². The van der Waals surface area contributed by atoms with Gasteiger partial charge in [0.05, 0.1) is 12.1 Å². The van der Waals surface area contributed by atoms with Gasteiger partial charge in [-0.05, 0) is 34.0 Å². The standard InChI is InChI=1S/C10H10BrClO2/c1-14-10-6-9(12)8(11)5-7(10)3-2-4-13/h4-6H,2-3H2,1H3. The lowest BCUT2D eigenvalue weighted by molar-refractivity contribution is -0.107. The SMILES string of the molecule is COc1cc(Cl)c(Br)cc1CCC=O. The van der Waals surface area contributed by atoms with Crippen LogP contribution in [0.1, 0.15) is 12.0 Å². The van der Waals surface area contributed by atoms with Gasteiger partial charge in [0.15, 0.2) is 0 Å². The van der Waals surface area contributed by atoms with Gasteiger partial charge in [0.1, 0.15) is 12.0 Å². The first-order valence-electron chi connectivity index (χ1n) is 4.14. The Morgan fingerprint density at radius 2 is 2.29 bits per heavy atom. The molecule has 4 heteroatoms. The molecule has 0 N–H and O–H groups in total. The summed E-state index contributed by atoms with van der Waals surface area (Å²) in [7, 11) is 1.59. The molecule has 1 rings (SSSR count). The Kier molecular flexibility index (Phi) is 4.42. The maximum Gasteiger partial charge on any atom is 0.123 e. The van der Waals surface area contributed by atoms with Crippen LogP contribution in [0, 0.1) is 0 Å². The van der Waals surface area contributed by atoms with E-state index in [1.165, 1.54) is 0 Å². The predicted molar refractivity (Wildman–Crippen MR) is 60.1 cm³/mol. The Hall–Kier alpha value is -0.540. The summed E-state index contributed by atoms with van der Waals surface area (Å²) in [6.45, 7) is 0. The molecule has 0 atom stereocenters. The molecule has 0 bridgehead atoms. The zero-order valence-electron chi connectivity index (χ0n) is 7.72. The zero-order valence-corrected chi connectivity index (χ0v) is 10.1. The first-order valence-corrected chi connectivity index (χ1v) is 5.31. The van der Waals surface area contributed by atoms with Gasteiger partial charge in [-0.25, -0.2) is 0 Å². The van der Waals surface area contributed by atoms with Crippen LogP contribution in [0.3, 0.4) is 0 Å². The van der Waals surface area contributed by atoms with Crippen molar-refractivity contribution in [2.75, 3.05) is 7.11 Å². The number of benzene rings is 1. The van der Waals surface area contributed by atoms with E-state index in [4.69, 9.17) is 16.3 Å². The fourth-order valence-electron chi connectivity index (χ4n) is 1.17. The number of rotatable bonds is 4. The number of aldehydes is 1. The lowest BCUT2D eigenvalue weighted by Crippen LogP contribution is -1.93. The summed E-state index contributed by atoms with van der Waals surface area (Å²) in [5, 5.41) is 0.608. The van der Waals surface area contributed by atoms with Crippen molar-refractivity contribution in [2.24, 2.45) is 0 Å². The molecule has 1 aromatic rings. The van der Waals surface area contributed by atoms with E-state index in [1.54, 1.807) is 13.2 Å². The van der Waals surface area contributed by atoms with E-state index in [-0.39, 0.29) is 0 Å². The highest BCUT2D eigenvalue weighted by atomic mass is 79.9. The lowest BCUT2D eigenvalue weighted by Gasteiger charge is -2.08. The topological polar surface area (TPSA) is 26.3 Å². The molecule has 0 heterocycles. The number of ether oxygens (including phenoxy) is 1. The minimum atomic E-state index is 0.491. The largest absolute Gasteiger partial charge is 0.496 e. The van der Waals surface area contributed by atoms with Gasteiger partial charge in [-0.1, -0.05) is 11.6 Å². The summed E-state index contributed by atoms with van der Waals surface area (Å²) < 4.78 is 5.98.